The number of ether oxygens (including phenoxy) is 3. The minimum atomic E-state index is -0.428. The lowest BCUT2D eigenvalue weighted by Gasteiger charge is -2.33. The van der Waals surface area contributed by atoms with Gasteiger partial charge in [-0.15, -0.1) is 0 Å². The first-order valence-corrected chi connectivity index (χ1v) is 8.50. The Bertz CT molecular complexity index is 637. The van der Waals surface area contributed by atoms with Gasteiger partial charge in [-0.3, -0.25) is 4.79 Å². The molecule has 8 heteroatoms. The van der Waals surface area contributed by atoms with E-state index >= 15 is 0 Å². The Morgan fingerprint density at radius 1 is 1.32 bits per heavy atom. The molecule has 2 heterocycles. The molecule has 1 fully saturated rings. The summed E-state index contributed by atoms with van der Waals surface area (Å²) in [6.07, 6.45) is 1.87. The van der Waals surface area contributed by atoms with Crippen molar-refractivity contribution in [3.63, 3.8) is 0 Å². The fourth-order valence-electron chi connectivity index (χ4n) is 2.97. The van der Waals surface area contributed by atoms with Crippen LogP contribution in [-0.4, -0.2) is 56.0 Å². The Morgan fingerprint density at radius 3 is 3.00 bits per heavy atom. The van der Waals surface area contributed by atoms with E-state index in [0.717, 1.165) is 30.0 Å². The van der Waals surface area contributed by atoms with E-state index in [0.29, 0.717) is 19.7 Å². The molecule has 0 saturated carbocycles. The average molecular weight is 349 g/mol. The minimum absolute atomic E-state index is 0.108. The zero-order valence-electron chi connectivity index (χ0n) is 14.2. The smallest absolute Gasteiger partial charge is 0.325 e. The predicted molar refractivity (Wildman–Crippen MR) is 90.8 cm³/mol. The van der Waals surface area contributed by atoms with E-state index < -0.39 is 5.97 Å². The molecule has 2 aliphatic heterocycles. The van der Waals surface area contributed by atoms with Crippen molar-refractivity contribution in [2.45, 2.75) is 25.8 Å². The van der Waals surface area contributed by atoms with Crippen LogP contribution in [0, 0.1) is 0 Å². The van der Waals surface area contributed by atoms with Crippen molar-refractivity contribution < 1.29 is 23.8 Å². The molecule has 2 aliphatic rings. The quantitative estimate of drug-likeness (QED) is 0.785. The van der Waals surface area contributed by atoms with Crippen LogP contribution in [0.1, 0.15) is 19.8 Å². The summed E-state index contributed by atoms with van der Waals surface area (Å²) in [5.41, 5.74) is 0.933. The maximum absolute atomic E-state index is 12.2. The Balaban J connectivity index is 1.50. The number of benzene rings is 1. The van der Waals surface area contributed by atoms with Gasteiger partial charge in [0.2, 0.25) is 6.79 Å². The summed E-state index contributed by atoms with van der Waals surface area (Å²) in [7, 11) is 0. The minimum Gasteiger partial charge on any atom is -0.465 e. The summed E-state index contributed by atoms with van der Waals surface area (Å²) in [5, 5.41) is 6.04. The van der Waals surface area contributed by atoms with Crippen LogP contribution in [0.5, 0.6) is 11.5 Å². The van der Waals surface area contributed by atoms with Crippen molar-refractivity contribution in [2.24, 2.45) is 0 Å². The van der Waals surface area contributed by atoms with Crippen LogP contribution in [0.4, 0.5) is 10.5 Å². The second-order valence-corrected chi connectivity index (χ2v) is 5.96. The van der Waals surface area contributed by atoms with E-state index in [1.54, 1.807) is 11.8 Å². The average Bonchev–Trinajstić information content (AvgIpc) is 3.08. The van der Waals surface area contributed by atoms with Crippen LogP contribution in [0.3, 0.4) is 0 Å². The molecule has 0 radical (unpaired) electrons. The van der Waals surface area contributed by atoms with Crippen LogP contribution in [0.15, 0.2) is 18.2 Å². The molecule has 0 aliphatic carbocycles. The topological polar surface area (TPSA) is 89.1 Å². The maximum atomic E-state index is 12.2. The zero-order valence-corrected chi connectivity index (χ0v) is 14.2. The fraction of sp³-hybridized carbons (Fsp3) is 0.529. The Hall–Kier alpha value is -2.64. The molecule has 0 aromatic heterocycles. The van der Waals surface area contributed by atoms with Gasteiger partial charge in [0.25, 0.3) is 0 Å². The number of esters is 1. The van der Waals surface area contributed by atoms with Gasteiger partial charge in [0.1, 0.15) is 6.54 Å². The van der Waals surface area contributed by atoms with Gasteiger partial charge in [-0.2, -0.15) is 0 Å². The highest BCUT2D eigenvalue weighted by Gasteiger charge is 2.24. The number of likely N-dealkylation sites (tertiary alicyclic amines) is 1. The van der Waals surface area contributed by atoms with Crippen molar-refractivity contribution in [1.82, 2.24) is 10.2 Å². The highest BCUT2D eigenvalue weighted by Crippen LogP contribution is 2.34. The van der Waals surface area contributed by atoms with E-state index in [-0.39, 0.29) is 25.4 Å². The van der Waals surface area contributed by atoms with E-state index in [2.05, 4.69) is 10.6 Å². The molecule has 3 rings (SSSR count). The first kappa shape index (κ1) is 17.2. The van der Waals surface area contributed by atoms with Gasteiger partial charge in [0.05, 0.1) is 6.61 Å². The third kappa shape index (κ3) is 4.46. The van der Waals surface area contributed by atoms with Crippen molar-refractivity contribution >= 4 is 17.7 Å². The number of carbonyl (C=O) groups excluding carboxylic acids is 2. The number of fused-ring (bicyclic) bond motifs is 1. The number of nitrogens with one attached hydrogen (secondary N) is 2. The van der Waals surface area contributed by atoms with Crippen molar-refractivity contribution in [2.75, 3.05) is 38.4 Å². The van der Waals surface area contributed by atoms with E-state index in [4.69, 9.17) is 14.2 Å². The summed E-state index contributed by atoms with van der Waals surface area (Å²) in [6, 6.07) is 5.61. The standard InChI is InChI=1S/C17H23N3O5/c1-2-23-16(21)9-18-17(22)20-7-3-4-13(10-20)19-12-5-6-14-15(8-12)25-11-24-14/h5-6,8,13,19H,2-4,7,9-11H2,1H3,(H,18,22). The Labute approximate surface area is 146 Å². The highest BCUT2D eigenvalue weighted by atomic mass is 16.7. The molecule has 0 spiro atoms. The predicted octanol–water partition coefficient (Wildman–Crippen LogP) is 1.56. The molecule has 1 saturated heterocycles. The van der Waals surface area contributed by atoms with E-state index in [1.807, 2.05) is 18.2 Å². The molecular formula is C17H23N3O5. The molecule has 0 bridgehead atoms. The first-order chi connectivity index (χ1) is 12.2. The summed E-state index contributed by atoms with van der Waals surface area (Å²) in [6.45, 7) is 3.42. The molecular weight excluding hydrogens is 326 g/mol. The number of rotatable bonds is 5. The van der Waals surface area contributed by atoms with Crippen LogP contribution in [-0.2, 0) is 9.53 Å². The molecule has 1 atom stereocenters. The number of nitrogens with zero attached hydrogens (tertiary/aromatic N) is 1. The summed E-state index contributed by atoms with van der Waals surface area (Å²) >= 11 is 0. The van der Waals surface area contributed by atoms with Crippen molar-refractivity contribution in [3.05, 3.63) is 18.2 Å². The van der Waals surface area contributed by atoms with Gasteiger partial charge in [-0.1, -0.05) is 0 Å². The Morgan fingerprint density at radius 2 is 2.16 bits per heavy atom. The second-order valence-electron chi connectivity index (χ2n) is 5.96. The third-order valence-corrected chi connectivity index (χ3v) is 4.14. The lowest BCUT2D eigenvalue weighted by atomic mass is 10.1. The normalized spacial score (nSPS) is 18.6. The van der Waals surface area contributed by atoms with Gasteiger partial charge in [0.15, 0.2) is 11.5 Å². The molecule has 1 aromatic rings. The van der Waals surface area contributed by atoms with Crippen molar-refractivity contribution in [3.8, 4) is 11.5 Å². The Kier molecular flexibility index (Phi) is 5.47. The maximum Gasteiger partial charge on any atom is 0.325 e. The number of hydrogen-bond donors (Lipinski definition) is 2. The number of carbonyl (C=O) groups is 2. The molecule has 2 amide bonds. The fourth-order valence-corrected chi connectivity index (χ4v) is 2.97. The zero-order chi connectivity index (χ0) is 17.6. The molecule has 2 N–H and O–H groups in total. The van der Waals surface area contributed by atoms with Crippen LogP contribution < -0.4 is 20.1 Å². The lowest BCUT2D eigenvalue weighted by molar-refractivity contribution is -0.141. The molecule has 8 nitrogen and oxygen atoms in total. The van der Waals surface area contributed by atoms with E-state index in [1.165, 1.54) is 0 Å². The number of amides is 2. The number of hydrogen-bond acceptors (Lipinski definition) is 6. The van der Waals surface area contributed by atoms with Gasteiger partial charge in [-0.05, 0) is 31.9 Å². The van der Waals surface area contributed by atoms with E-state index in [9.17, 15) is 9.59 Å². The molecule has 1 aromatic carbocycles. The van der Waals surface area contributed by atoms with Crippen LogP contribution in [0.2, 0.25) is 0 Å². The van der Waals surface area contributed by atoms with Crippen molar-refractivity contribution in [1.29, 1.82) is 0 Å². The first-order valence-electron chi connectivity index (χ1n) is 8.50. The van der Waals surface area contributed by atoms with Gasteiger partial charge in [0, 0.05) is 30.9 Å². The van der Waals surface area contributed by atoms with Crippen LogP contribution >= 0.6 is 0 Å². The molecule has 25 heavy (non-hydrogen) atoms. The monoisotopic (exact) mass is 349 g/mol. The SMILES string of the molecule is CCOC(=O)CNC(=O)N1CCCC(Nc2ccc3c(c2)OCO3)C1. The summed E-state index contributed by atoms with van der Waals surface area (Å²) < 4.78 is 15.5. The lowest BCUT2D eigenvalue weighted by Crippen LogP contribution is -2.50. The largest absolute Gasteiger partial charge is 0.465 e. The van der Waals surface area contributed by atoms with Crippen LogP contribution in [0.25, 0.3) is 0 Å². The summed E-state index contributed by atoms with van der Waals surface area (Å²) in [4.78, 5) is 25.3. The number of piperidine rings is 1. The summed E-state index contributed by atoms with van der Waals surface area (Å²) in [5.74, 6) is 1.04. The highest BCUT2D eigenvalue weighted by molar-refractivity contribution is 5.81. The van der Waals surface area contributed by atoms with Gasteiger partial charge < -0.3 is 29.7 Å². The molecule has 1 unspecified atom stereocenters. The molecule has 136 valence electrons. The third-order valence-electron chi connectivity index (χ3n) is 4.14. The van der Waals surface area contributed by atoms with Gasteiger partial charge >= 0.3 is 12.0 Å². The second kappa shape index (κ2) is 7.96. The van der Waals surface area contributed by atoms with Gasteiger partial charge in [-0.25, -0.2) is 4.79 Å². The number of urea groups is 1. The number of anilines is 1.